The molecule has 1 saturated heterocycles. The Balaban J connectivity index is 1.16. The summed E-state index contributed by atoms with van der Waals surface area (Å²) in [6, 6.07) is 21.1. The highest BCUT2D eigenvalue weighted by atomic mass is 16.5. The van der Waals surface area contributed by atoms with Gasteiger partial charge in [0, 0.05) is 38.7 Å². The molecule has 3 aliphatic rings. The molecule has 3 N–H and O–H groups in total. The summed E-state index contributed by atoms with van der Waals surface area (Å²) in [5.74, 6) is 2.80. The highest BCUT2D eigenvalue weighted by molar-refractivity contribution is 5.79. The first-order valence-electron chi connectivity index (χ1n) is 13.9. The first-order chi connectivity index (χ1) is 20.1. The molecule has 0 aliphatic carbocycles. The molecule has 2 atom stereocenters. The van der Waals surface area contributed by atoms with Crippen LogP contribution in [0.4, 0.5) is 0 Å². The van der Waals surface area contributed by atoms with Gasteiger partial charge in [-0.2, -0.15) is 5.10 Å². The Labute approximate surface area is 238 Å². The van der Waals surface area contributed by atoms with Crippen molar-refractivity contribution in [3.8, 4) is 23.0 Å². The van der Waals surface area contributed by atoms with Gasteiger partial charge in [-0.15, -0.1) is 0 Å². The van der Waals surface area contributed by atoms with Crippen LogP contribution in [0, 0.1) is 0 Å². The van der Waals surface area contributed by atoms with Gasteiger partial charge in [-0.3, -0.25) is 19.6 Å². The van der Waals surface area contributed by atoms with Crippen LogP contribution in [0.3, 0.4) is 0 Å². The van der Waals surface area contributed by atoms with Crippen LogP contribution in [0.15, 0.2) is 77.3 Å². The lowest BCUT2D eigenvalue weighted by molar-refractivity contribution is -0.123. The number of furan rings is 1. The summed E-state index contributed by atoms with van der Waals surface area (Å²) < 4.78 is 18.5. The number of carbonyl (C=O) groups excluding carboxylic acids is 2. The van der Waals surface area contributed by atoms with E-state index < -0.39 is 0 Å². The molecule has 0 saturated carbocycles. The first-order valence-corrected chi connectivity index (χ1v) is 13.9. The lowest BCUT2D eigenvalue weighted by atomic mass is 10.1. The molecule has 2 amide bonds. The molecule has 0 spiro atoms. The van der Waals surface area contributed by atoms with Gasteiger partial charge in [-0.1, -0.05) is 24.3 Å². The van der Waals surface area contributed by atoms with Crippen LogP contribution >= 0.6 is 0 Å². The molecule has 5 heterocycles. The fourth-order valence-corrected chi connectivity index (χ4v) is 5.21. The molecule has 10 heteroatoms. The smallest absolute Gasteiger partial charge is 0.222 e. The molecule has 3 aliphatic heterocycles. The minimum Gasteiger partial charge on any atom is -0.458 e. The summed E-state index contributed by atoms with van der Waals surface area (Å²) in [7, 11) is 0. The van der Waals surface area contributed by atoms with Gasteiger partial charge in [-0.05, 0) is 60.0 Å². The van der Waals surface area contributed by atoms with Crippen molar-refractivity contribution in [1.82, 2.24) is 25.7 Å². The normalized spacial score (nSPS) is 20.6. The van der Waals surface area contributed by atoms with Crippen LogP contribution in [-0.4, -0.2) is 58.7 Å². The second kappa shape index (κ2) is 12.4. The zero-order valence-electron chi connectivity index (χ0n) is 22.7. The maximum Gasteiger partial charge on any atom is 0.222 e. The van der Waals surface area contributed by atoms with E-state index in [4.69, 9.17) is 13.9 Å². The van der Waals surface area contributed by atoms with Crippen molar-refractivity contribution in [2.75, 3.05) is 19.6 Å². The van der Waals surface area contributed by atoms with Crippen molar-refractivity contribution in [3.63, 3.8) is 0 Å². The lowest BCUT2D eigenvalue weighted by Gasteiger charge is -2.21. The number of amides is 2. The number of nitrogens with zero attached hydrogens (tertiary/aromatic N) is 2. The van der Waals surface area contributed by atoms with Gasteiger partial charge in [0.2, 0.25) is 11.8 Å². The van der Waals surface area contributed by atoms with Crippen molar-refractivity contribution < 1.29 is 23.5 Å². The fourth-order valence-electron chi connectivity index (χ4n) is 5.21. The third kappa shape index (κ3) is 7.03. The number of carbonyl (C=O) groups is 2. The van der Waals surface area contributed by atoms with Crippen LogP contribution in [0.1, 0.15) is 29.7 Å². The van der Waals surface area contributed by atoms with Crippen molar-refractivity contribution in [2.24, 2.45) is 0 Å². The number of hydrogen-bond donors (Lipinski definition) is 3. The van der Waals surface area contributed by atoms with E-state index in [2.05, 4.69) is 25.7 Å². The second-order valence-corrected chi connectivity index (χ2v) is 10.4. The van der Waals surface area contributed by atoms with Gasteiger partial charge in [0.05, 0.1) is 25.3 Å². The largest absolute Gasteiger partial charge is 0.458 e. The highest BCUT2D eigenvalue weighted by Crippen LogP contribution is 2.26. The third-order valence-electron chi connectivity index (χ3n) is 7.33. The Morgan fingerprint density at radius 1 is 0.878 bits per heavy atom. The molecule has 1 fully saturated rings. The van der Waals surface area contributed by atoms with Gasteiger partial charge in [0.25, 0.3) is 0 Å². The predicted octanol–water partition coefficient (Wildman–Crippen LogP) is 3.80. The summed E-state index contributed by atoms with van der Waals surface area (Å²) in [5, 5.41) is 12.9. The predicted molar refractivity (Wildman–Crippen MR) is 151 cm³/mol. The van der Waals surface area contributed by atoms with Crippen molar-refractivity contribution in [2.45, 2.75) is 44.6 Å². The maximum absolute atomic E-state index is 12.8. The summed E-state index contributed by atoms with van der Waals surface area (Å²) in [6.45, 7) is 2.49. The van der Waals surface area contributed by atoms with E-state index in [-0.39, 0.29) is 36.9 Å². The third-order valence-corrected chi connectivity index (χ3v) is 7.33. The standard InChI is InChI=1S/C31H33N5O5/c37-30-11-6-21-4-7-23(8-5-21)40-24-3-1-2-22(16-24)20-39-29-19-36(18-27(29)34-31(38)13-14-32-30)17-25-9-10-28(41-25)26-12-15-33-35-26/h1-5,7-10,12,15-16,27,29H,6,11,13-14,17-20H2,(H,32,37)(H,33,35)(H,34,38)/t27-,29-/m0/s1. The maximum atomic E-state index is 12.8. The number of aryl methyl sites for hydroxylation is 1. The zero-order valence-corrected chi connectivity index (χ0v) is 22.7. The molecule has 10 nitrogen and oxygen atoms in total. The summed E-state index contributed by atoms with van der Waals surface area (Å²) in [5.41, 5.74) is 2.85. The second-order valence-electron chi connectivity index (χ2n) is 10.4. The van der Waals surface area contributed by atoms with Gasteiger partial charge in [0.15, 0.2) is 5.76 Å². The highest BCUT2D eigenvalue weighted by Gasteiger charge is 2.35. The summed E-state index contributed by atoms with van der Waals surface area (Å²) in [4.78, 5) is 27.4. The summed E-state index contributed by atoms with van der Waals surface area (Å²) >= 11 is 0. The van der Waals surface area contributed by atoms with Crippen LogP contribution in [0.5, 0.6) is 11.5 Å². The molecule has 0 radical (unpaired) electrons. The topological polar surface area (TPSA) is 122 Å². The van der Waals surface area contributed by atoms with Crippen LogP contribution in [0.25, 0.3) is 11.5 Å². The summed E-state index contributed by atoms with van der Waals surface area (Å²) in [6.07, 6.45) is 2.63. The number of benzene rings is 2. The molecular formula is C31H33N5O5. The number of aromatic nitrogens is 2. The number of fused-ring (bicyclic) bond motifs is 10. The average Bonchev–Trinajstić information content (AvgIpc) is 3.74. The molecule has 41 heavy (non-hydrogen) atoms. The molecule has 2 aromatic carbocycles. The van der Waals surface area contributed by atoms with Gasteiger partial charge >= 0.3 is 0 Å². The fraction of sp³-hybridized carbons (Fsp3) is 0.323. The minimum absolute atomic E-state index is 0.0782. The molecule has 2 aromatic heterocycles. The number of nitrogens with one attached hydrogen (secondary N) is 3. The molecule has 4 bridgehead atoms. The van der Waals surface area contributed by atoms with E-state index in [1.165, 1.54) is 0 Å². The number of hydrogen-bond acceptors (Lipinski definition) is 7. The van der Waals surface area contributed by atoms with Crippen molar-refractivity contribution >= 4 is 11.8 Å². The Morgan fingerprint density at radius 3 is 2.63 bits per heavy atom. The quantitative estimate of drug-likeness (QED) is 0.352. The lowest BCUT2D eigenvalue weighted by Crippen LogP contribution is -2.44. The van der Waals surface area contributed by atoms with Gasteiger partial charge in [-0.25, -0.2) is 0 Å². The number of ether oxygens (including phenoxy) is 2. The minimum atomic E-state index is -0.224. The Hall–Kier alpha value is -4.41. The Morgan fingerprint density at radius 2 is 1.78 bits per heavy atom. The zero-order chi connectivity index (χ0) is 28.0. The van der Waals surface area contributed by atoms with E-state index >= 15 is 0 Å². The van der Waals surface area contributed by atoms with E-state index in [0.717, 1.165) is 39.8 Å². The van der Waals surface area contributed by atoms with E-state index in [9.17, 15) is 9.59 Å². The monoisotopic (exact) mass is 555 g/mol. The Bertz CT molecular complexity index is 1470. The van der Waals surface area contributed by atoms with Crippen LogP contribution < -0.4 is 15.4 Å². The van der Waals surface area contributed by atoms with E-state index in [1.807, 2.05) is 66.7 Å². The molecule has 0 unspecified atom stereocenters. The molecule has 212 valence electrons. The Kier molecular flexibility index (Phi) is 8.11. The van der Waals surface area contributed by atoms with Crippen molar-refractivity contribution in [1.29, 1.82) is 0 Å². The average molecular weight is 556 g/mol. The van der Waals surface area contributed by atoms with E-state index in [0.29, 0.717) is 39.1 Å². The van der Waals surface area contributed by atoms with Crippen LogP contribution in [0.2, 0.25) is 0 Å². The van der Waals surface area contributed by atoms with E-state index in [1.54, 1.807) is 6.20 Å². The number of likely N-dealkylation sites (tertiary alicyclic amines) is 1. The van der Waals surface area contributed by atoms with Gasteiger partial charge in [0.1, 0.15) is 23.0 Å². The van der Waals surface area contributed by atoms with Crippen LogP contribution in [-0.2, 0) is 33.9 Å². The number of aromatic amines is 1. The number of rotatable bonds is 3. The van der Waals surface area contributed by atoms with Gasteiger partial charge < -0.3 is 24.5 Å². The molecule has 4 aromatic rings. The molecular weight excluding hydrogens is 522 g/mol. The molecule has 7 rings (SSSR count). The SMILES string of the molecule is O=C1CCc2ccc(cc2)Oc2cccc(c2)CO[C@H]2CN(Cc3ccc(-c4ccn[nH]4)o3)C[C@@H]2NC(=O)CCN1. The number of H-pyrrole nitrogens is 1. The first kappa shape index (κ1) is 26.8. The van der Waals surface area contributed by atoms with Crippen molar-refractivity contribution in [3.05, 3.63) is 89.8 Å².